The number of carbonyl (C=O) groups excluding carboxylic acids is 1. The van der Waals surface area contributed by atoms with Crippen LogP contribution in [-0.4, -0.2) is 44.0 Å². The van der Waals surface area contributed by atoms with Crippen molar-refractivity contribution in [2.24, 2.45) is 0 Å². The highest BCUT2D eigenvalue weighted by atomic mass is 35.5. The molecule has 0 fully saturated rings. The largest absolute Gasteiger partial charge is 0.465 e. The molecule has 9 nitrogen and oxygen atoms in total. The molecule has 1 heterocycles. The minimum absolute atomic E-state index is 0.0639. The fourth-order valence-electron chi connectivity index (χ4n) is 3.18. The summed E-state index contributed by atoms with van der Waals surface area (Å²) in [5.41, 5.74) is 1.58. The molecule has 3 N–H and O–H groups in total. The van der Waals surface area contributed by atoms with Crippen molar-refractivity contribution in [2.45, 2.75) is 32.9 Å². The maximum absolute atomic E-state index is 13.2. The number of hydrogen-bond acceptors (Lipinski definition) is 4. The molecular formula is C22H24ClN5O4. The molecule has 0 bridgehead atoms. The molecule has 2 aromatic carbocycles. The predicted molar refractivity (Wildman–Crippen MR) is 121 cm³/mol. The van der Waals surface area contributed by atoms with Crippen molar-refractivity contribution in [3.8, 4) is 17.1 Å². The summed E-state index contributed by atoms with van der Waals surface area (Å²) >= 11 is 6.12. The van der Waals surface area contributed by atoms with Crippen LogP contribution in [0.4, 0.5) is 4.79 Å². The summed E-state index contributed by atoms with van der Waals surface area (Å²) in [5.74, 6) is 0.0253. The van der Waals surface area contributed by atoms with E-state index in [0.29, 0.717) is 28.5 Å². The van der Waals surface area contributed by atoms with E-state index >= 15 is 0 Å². The molecule has 3 rings (SSSR count). The Bertz CT molecular complexity index is 1170. The number of rotatable bonds is 8. The van der Waals surface area contributed by atoms with E-state index in [1.165, 1.54) is 9.25 Å². The van der Waals surface area contributed by atoms with E-state index in [4.69, 9.17) is 16.7 Å². The molecule has 0 saturated carbocycles. The van der Waals surface area contributed by atoms with Gasteiger partial charge in [0, 0.05) is 23.2 Å². The van der Waals surface area contributed by atoms with Crippen LogP contribution in [-0.2, 0) is 17.8 Å². The van der Waals surface area contributed by atoms with Gasteiger partial charge in [-0.25, -0.2) is 9.59 Å². The quantitative estimate of drug-likeness (QED) is 0.480. The Morgan fingerprint density at radius 1 is 1.16 bits per heavy atom. The maximum atomic E-state index is 13.2. The lowest BCUT2D eigenvalue weighted by molar-refractivity contribution is -0.122. The van der Waals surface area contributed by atoms with Gasteiger partial charge < -0.3 is 15.7 Å². The molecule has 32 heavy (non-hydrogen) atoms. The molecule has 1 aromatic heterocycles. The fourth-order valence-corrected chi connectivity index (χ4v) is 3.37. The first kappa shape index (κ1) is 23.1. The van der Waals surface area contributed by atoms with Crippen molar-refractivity contribution < 1.29 is 14.7 Å². The van der Waals surface area contributed by atoms with Crippen molar-refractivity contribution >= 4 is 23.6 Å². The standard InChI is InChI=1S/C22H24ClN5O4/c1-14(2)25-19(29)13-27-20(16-4-3-5-17(23)12-16)26-28(22(27)32)18-8-6-15(7-9-18)10-11-24-21(30)31/h3-9,12,14,24H,10-11,13H2,1-2H3,(H,25,29)(H,30,31). The highest BCUT2D eigenvalue weighted by molar-refractivity contribution is 6.30. The fraction of sp³-hybridized carbons (Fsp3) is 0.273. The maximum Gasteiger partial charge on any atom is 0.404 e. The van der Waals surface area contributed by atoms with E-state index in [1.54, 1.807) is 48.5 Å². The van der Waals surface area contributed by atoms with Crippen LogP contribution in [0.25, 0.3) is 17.1 Å². The first-order valence-electron chi connectivity index (χ1n) is 10.1. The summed E-state index contributed by atoms with van der Waals surface area (Å²) in [6.07, 6.45) is -0.562. The molecule has 0 saturated heterocycles. The summed E-state index contributed by atoms with van der Waals surface area (Å²) in [4.78, 5) is 36.1. The Balaban J connectivity index is 1.96. The Labute approximate surface area is 189 Å². The molecule has 0 spiro atoms. The number of carbonyl (C=O) groups is 2. The summed E-state index contributed by atoms with van der Waals surface area (Å²) in [6, 6.07) is 13.9. The van der Waals surface area contributed by atoms with E-state index < -0.39 is 11.8 Å². The van der Waals surface area contributed by atoms with Crippen LogP contribution < -0.4 is 16.3 Å². The molecule has 0 aliphatic heterocycles. The SMILES string of the molecule is CC(C)NC(=O)Cn1c(-c2cccc(Cl)c2)nn(-c2ccc(CCNC(=O)O)cc2)c1=O. The Hall–Kier alpha value is -3.59. The van der Waals surface area contributed by atoms with Gasteiger partial charge in [0.25, 0.3) is 0 Å². The van der Waals surface area contributed by atoms with Crippen molar-refractivity contribution in [1.29, 1.82) is 0 Å². The number of benzene rings is 2. The number of amides is 2. The molecule has 0 aliphatic carbocycles. The van der Waals surface area contributed by atoms with Gasteiger partial charge >= 0.3 is 11.8 Å². The van der Waals surface area contributed by atoms with Crippen LogP contribution in [0.5, 0.6) is 0 Å². The highest BCUT2D eigenvalue weighted by Gasteiger charge is 2.19. The van der Waals surface area contributed by atoms with Crippen LogP contribution in [0.3, 0.4) is 0 Å². The zero-order chi connectivity index (χ0) is 23.3. The summed E-state index contributed by atoms with van der Waals surface area (Å²) < 4.78 is 2.55. The molecule has 10 heteroatoms. The van der Waals surface area contributed by atoms with Crippen LogP contribution >= 0.6 is 11.6 Å². The Kier molecular flexibility index (Phi) is 7.32. The third kappa shape index (κ3) is 5.76. The number of hydrogen-bond donors (Lipinski definition) is 3. The van der Waals surface area contributed by atoms with Crippen LogP contribution in [0, 0.1) is 0 Å². The zero-order valence-corrected chi connectivity index (χ0v) is 18.5. The number of halogens is 1. The average Bonchev–Trinajstić information content (AvgIpc) is 3.04. The molecule has 2 amide bonds. The summed E-state index contributed by atoms with van der Waals surface area (Å²) in [5, 5.41) is 18.7. The Morgan fingerprint density at radius 2 is 1.88 bits per heavy atom. The number of carboxylic acid groups (broad SMARTS) is 1. The van der Waals surface area contributed by atoms with E-state index in [1.807, 2.05) is 13.8 Å². The summed E-state index contributed by atoms with van der Waals surface area (Å²) in [7, 11) is 0. The Morgan fingerprint density at radius 3 is 2.50 bits per heavy atom. The van der Waals surface area contributed by atoms with Crippen LogP contribution in [0.1, 0.15) is 19.4 Å². The average molecular weight is 458 g/mol. The number of aromatic nitrogens is 3. The van der Waals surface area contributed by atoms with Crippen molar-refractivity contribution in [3.05, 3.63) is 69.6 Å². The van der Waals surface area contributed by atoms with Gasteiger partial charge in [0.05, 0.1) is 5.69 Å². The first-order valence-corrected chi connectivity index (χ1v) is 10.4. The lowest BCUT2D eigenvalue weighted by Crippen LogP contribution is -2.36. The van der Waals surface area contributed by atoms with Gasteiger partial charge in [0.2, 0.25) is 5.91 Å². The lowest BCUT2D eigenvalue weighted by atomic mass is 10.1. The molecule has 0 unspecified atom stereocenters. The van der Waals surface area contributed by atoms with Gasteiger partial charge in [-0.15, -0.1) is 5.10 Å². The van der Waals surface area contributed by atoms with Gasteiger partial charge in [-0.1, -0.05) is 35.9 Å². The van der Waals surface area contributed by atoms with Gasteiger partial charge in [0.1, 0.15) is 6.54 Å². The predicted octanol–water partition coefficient (Wildman–Crippen LogP) is 2.69. The molecule has 168 valence electrons. The normalized spacial score (nSPS) is 10.9. The van der Waals surface area contributed by atoms with Crippen LogP contribution in [0.2, 0.25) is 5.02 Å². The second-order valence-corrected chi connectivity index (χ2v) is 7.92. The van der Waals surface area contributed by atoms with Crippen molar-refractivity contribution in [3.63, 3.8) is 0 Å². The highest BCUT2D eigenvalue weighted by Crippen LogP contribution is 2.21. The smallest absolute Gasteiger partial charge is 0.404 e. The van der Waals surface area contributed by atoms with Gasteiger partial charge in [-0.3, -0.25) is 9.36 Å². The number of nitrogens with zero attached hydrogens (tertiary/aromatic N) is 3. The number of nitrogens with one attached hydrogen (secondary N) is 2. The zero-order valence-electron chi connectivity index (χ0n) is 17.7. The third-order valence-electron chi connectivity index (χ3n) is 4.57. The van der Waals surface area contributed by atoms with E-state index in [9.17, 15) is 14.4 Å². The minimum atomic E-state index is -1.08. The minimum Gasteiger partial charge on any atom is -0.465 e. The summed E-state index contributed by atoms with van der Waals surface area (Å²) in [6.45, 7) is 3.79. The third-order valence-corrected chi connectivity index (χ3v) is 4.80. The van der Waals surface area contributed by atoms with Crippen LogP contribution in [0.15, 0.2) is 53.3 Å². The van der Waals surface area contributed by atoms with Gasteiger partial charge in [0.15, 0.2) is 5.82 Å². The van der Waals surface area contributed by atoms with Gasteiger partial charge in [-0.2, -0.15) is 4.68 Å². The van der Waals surface area contributed by atoms with Crippen molar-refractivity contribution in [1.82, 2.24) is 25.0 Å². The monoisotopic (exact) mass is 457 g/mol. The molecule has 3 aromatic rings. The van der Waals surface area contributed by atoms with E-state index in [0.717, 1.165) is 5.56 Å². The second-order valence-electron chi connectivity index (χ2n) is 7.49. The second kappa shape index (κ2) is 10.1. The van der Waals surface area contributed by atoms with E-state index in [2.05, 4.69) is 15.7 Å². The topological polar surface area (TPSA) is 118 Å². The van der Waals surface area contributed by atoms with Gasteiger partial charge in [-0.05, 0) is 50.1 Å². The molecule has 0 atom stereocenters. The molecule has 0 radical (unpaired) electrons. The first-order chi connectivity index (χ1) is 15.2. The van der Waals surface area contributed by atoms with Crippen molar-refractivity contribution in [2.75, 3.05) is 6.54 Å². The molecule has 0 aliphatic rings. The molecular weight excluding hydrogens is 434 g/mol. The van der Waals surface area contributed by atoms with E-state index in [-0.39, 0.29) is 25.0 Å². The lowest BCUT2D eigenvalue weighted by Gasteiger charge is -2.09.